The van der Waals surface area contributed by atoms with E-state index < -0.39 is 6.36 Å². The fourth-order valence-corrected chi connectivity index (χ4v) is 3.16. The molecule has 1 saturated heterocycles. The van der Waals surface area contributed by atoms with Crippen LogP contribution in [-0.4, -0.2) is 37.4 Å². The molecule has 1 fully saturated rings. The minimum Gasteiger partial charge on any atom is -0.406 e. The van der Waals surface area contributed by atoms with Gasteiger partial charge in [0, 0.05) is 36.7 Å². The van der Waals surface area contributed by atoms with Crippen molar-refractivity contribution < 1.29 is 17.9 Å². The van der Waals surface area contributed by atoms with Crippen LogP contribution in [0.5, 0.6) is 5.75 Å². The molecule has 0 aliphatic carbocycles. The summed E-state index contributed by atoms with van der Waals surface area (Å²) in [6.45, 7) is 5.62. The average Bonchev–Trinajstić information content (AvgIpc) is 2.38. The summed E-state index contributed by atoms with van der Waals surface area (Å²) in [5.41, 5.74) is 0.841. The zero-order valence-electron chi connectivity index (χ0n) is 12.1. The van der Waals surface area contributed by atoms with Gasteiger partial charge in [-0.05, 0) is 30.2 Å². The third-order valence-electron chi connectivity index (χ3n) is 3.49. The van der Waals surface area contributed by atoms with Gasteiger partial charge in [-0.3, -0.25) is 4.90 Å². The van der Waals surface area contributed by atoms with Crippen LogP contribution in [-0.2, 0) is 0 Å². The lowest BCUT2D eigenvalue weighted by atomic mass is 10.0. The lowest BCUT2D eigenvalue weighted by molar-refractivity contribution is -0.274. The first-order valence-electron chi connectivity index (χ1n) is 6.90. The van der Waals surface area contributed by atoms with Crippen LogP contribution >= 0.6 is 28.3 Å². The molecule has 126 valence electrons. The quantitative estimate of drug-likeness (QED) is 0.818. The number of benzene rings is 1. The molecule has 1 aromatic rings. The van der Waals surface area contributed by atoms with Gasteiger partial charge in [0.1, 0.15) is 5.75 Å². The van der Waals surface area contributed by atoms with Crippen molar-refractivity contribution in [2.45, 2.75) is 25.7 Å². The van der Waals surface area contributed by atoms with E-state index in [-0.39, 0.29) is 24.2 Å². The van der Waals surface area contributed by atoms with Gasteiger partial charge in [0.15, 0.2) is 0 Å². The van der Waals surface area contributed by atoms with E-state index in [4.69, 9.17) is 0 Å². The van der Waals surface area contributed by atoms with Crippen LogP contribution in [0.2, 0.25) is 0 Å². The normalized spacial score (nSPS) is 17.7. The van der Waals surface area contributed by atoms with Crippen LogP contribution in [0.1, 0.15) is 24.9 Å². The third kappa shape index (κ3) is 5.61. The van der Waals surface area contributed by atoms with Gasteiger partial charge in [0.05, 0.1) is 0 Å². The zero-order chi connectivity index (χ0) is 15.5. The lowest BCUT2D eigenvalue weighted by Crippen LogP contribution is -2.45. The Hall–Kier alpha value is -0.500. The molecule has 1 aliphatic rings. The molecule has 0 radical (unpaired) electrons. The Balaban J connectivity index is 0.00000242. The molecule has 0 saturated carbocycles. The van der Waals surface area contributed by atoms with Gasteiger partial charge < -0.3 is 10.1 Å². The number of hydrogen-bond acceptors (Lipinski definition) is 3. The molecule has 0 amide bonds. The highest BCUT2D eigenvalue weighted by atomic mass is 79.9. The molecule has 2 rings (SSSR count). The van der Waals surface area contributed by atoms with E-state index in [0.29, 0.717) is 4.47 Å². The van der Waals surface area contributed by atoms with Crippen LogP contribution in [0.3, 0.4) is 0 Å². The van der Waals surface area contributed by atoms with Crippen LogP contribution in [0, 0.1) is 0 Å². The second kappa shape index (κ2) is 8.38. The second-order valence-electron chi connectivity index (χ2n) is 4.98. The summed E-state index contributed by atoms with van der Waals surface area (Å²) in [4.78, 5) is 2.29. The molecule has 0 spiro atoms. The van der Waals surface area contributed by atoms with E-state index in [1.165, 1.54) is 12.1 Å². The Labute approximate surface area is 142 Å². The van der Waals surface area contributed by atoms with Crippen molar-refractivity contribution in [2.24, 2.45) is 0 Å². The number of piperazine rings is 1. The van der Waals surface area contributed by atoms with Gasteiger partial charge in [-0.1, -0.05) is 22.9 Å². The van der Waals surface area contributed by atoms with Gasteiger partial charge >= 0.3 is 6.36 Å². The highest BCUT2D eigenvalue weighted by molar-refractivity contribution is 9.10. The molecular formula is C14H19BrClF3N2O. The first-order chi connectivity index (χ1) is 9.89. The fourth-order valence-electron chi connectivity index (χ4n) is 2.67. The van der Waals surface area contributed by atoms with Crippen molar-refractivity contribution in [1.29, 1.82) is 0 Å². The maximum atomic E-state index is 12.4. The molecule has 1 aromatic carbocycles. The van der Waals surface area contributed by atoms with Gasteiger partial charge in [0.25, 0.3) is 0 Å². The van der Waals surface area contributed by atoms with Gasteiger partial charge in [-0.15, -0.1) is 25.6 Å². The molecule has 0 bridgehead atoms. The monoisotopic (exact) mass is 402 g/mol. The predicted octanol–water partition coefficient (Wildman–Crippen LogP) is 4.13. The standard InChI is InChI=1S/C14H18BrF3N2O.ClH/c1-2-13(20-5-3-19-4-6-20)10-7-11(15)9-12(8-10)21-14(16,17)18;/h7-9,13,19H,2-6H2,1H3;1H/t13-;/m0./s1. The molecule has 8 heteroatoms. The predicted molar refractivity (Wildman–Crippen MR) is 85.5 cm³/mol. The summed E-state index contributed by atoms with van der Waals surface area (Å²) in [5, 5.41) is 3.27. The molecule has 22 heavy (non-hydrogen) atoms. The summed E-state index contributed by atoms with van der Waals surface area (Å²) in [5.74, 6) is -0.180. The van der Waals surface area contributed by atoms with E-state index >= 15 is 0 Å². The van der Waals surface area contributed by atoms with E-state index in [0.717, 1.165) is 38.2 Å². The van der Waals surface area contributed by atoms with Crippen molar-refractivity contribution in [3.63, 3.8) is 0 Å². The zero-order valence-corrected chi connectivity index (χ0v) is 14.5. The van der Waals surface area contributed by atoms with Crippen LogP contribution in [0.15, 0.2) is 22.7 Å². The molecule has 0 aromatic heterocycles. The number of halogens is 5. The van der Waals surface area contributed by atoms with E-state index in [2.05, 4.69) is 30.9 Å². The maximum absolute atomic E-state index is 12.4. The summed E-state index contributed by atoms with van der Waals surface area (Å²) in [6.07, 6.45) is -3.84. The summed E-state index contributed by atoms with van der Waals surface area (Å²) < 4.78 is 41.8. The van der Waals surface area contributed by atoms with Crippen molar-refractivity contribution in [2.75, 3.05) is 26.2 Å². The number of nitrogens with zero attached hydrogens (tertiary/aromatic N) is 1. The van der Waals surface area contributed by atoms with Crippen LogP contribution < -0.4 is 10.1 Å². The van der Waals surface area contributed by atoms with Crippen molar-refractivity contribution in [1.82, 2.24) is 10.2 Å². The number of rotatable bonds is 4. The van der Waals surface area contributed by atoms with Crippen molar-refractivity contribution in [3.05, 3.63) is 28.2 Å². The third-order valence-corrected chi connectivity index (χ3v) is 3.95. The van der Waals surface area contributed by atoms with Gasteiger partial charge in [0.2, 0.25) is 0 Å². The largest absolute Gasteiger partial charge is 0.573 e. The SMILES string of the molecule is CC[C@@H](c1cc(Br)cc(OC(F)(F)F)c1)N1CCNCC1.Cl. The molecule has 0 unspecified atom stereocenters. The number of ether oxygens (including phenoxy) is 1. The summed E-state index contributed by atoms with van der Waals surface area (Å²) in [7, 11) is 0. The molecule has 1 heterocycles. The number of alkyl halides is 3. The Morgan fingerprint density at radius 2 is 1.91 bits per heavy atom. The van der Waals surface area contributed by atoms with E-state index in [1.807, 2.05) is 13.0 Å². The van der Waals surface area contributed by atoms with Crippen molar-refractivity contribution >= 4 is 28.3 Å². The van der Waals surface area contributed by atoms with Crippen molar-refractivity contribution in [3.8, 4) is 5.75 Å². The summed E-state index contributed by atoms with van der Waals surface area (Å²) >= 11 is 3.26. The molecule has 1 aliphatic heterocycles. The smallest absolute Gasteiger partial charge is 0.406 e. The Bertz CT molecular complexity index is 482. The first-order valence-corrected chi connectivity index (χ1v) is 7.69. The van der Waals surface area contributed by atoms with E-state index in [1.54, 1.807) is 0 Å². The fraction of sp³-hybridized carbons (Fsp3) is 0.571. The minimum atomic E-state index is -4.67. The van der Waals surface area contributed by atoms with Crippen LogP contribution in [0.25, 0.3) is 0 Å². The molecule has 1 N–H and O–H groups in total. The Kier molecular flexibility index (Phi) is 7.45. The number of hydrogen-bond donors (Lipinski definition) is 1. The molecule has 1 atom stereocenters. The minimum absolute atomic E-state index is 0. The molecule has 3 nitrogen and oxygen atoms in total. The topological polar surface area (TPSA) is 24.5 Å². The van der Waals surface area contributed by atoms with Gasteiger partial charge in [-0.25, -0.2) is 0 Å². The Morgan fingerprint density at radius 3 is 2.45 bits per heavy atom. The average molecular weight is 404 g/mol. The van der Waals surface area contributed by atoms with Gasteiger partial charge in [-0.2, -0.15) is 0 Å². The van der Waals surface area contributed by atoms with E-state index in [9.17, 15) is 13.2 Å². The van der Waals surface area contributed by atoms with Crippen LogP contribution in [0.4, 0.5) is 13.2 Å². The Morgan fingerprint density at radius 1 is 1.27 bits per heavy atom. The lowest BCUT2D eigenvalue weighted by Gasteiger charge is -2.35. The first kappa shape index (κ1) is 19.5. The second-order valence-corrected chi connectivity index (χ2v) is 5.89. The molecular weight excluding hydrogens is 385 g/mol. The number of nitrogens with one attached hydrogen (secondary N) is 1. The maximum Gasteiger partial charge on any atom is 0.573 e. The summed E-state index contributed by atoms with van der Waals surface area (Å²) in [6, 6.07) is 4.77. The highest BCUT2D eigenvalue weighted by Gasteiger charge is 2.31. The highest BCUT2D eigenvalue weighted by Crippen LogP contribution is 2.33.